The van der Waals surface area contributed by atoms with Crippen LogP contribution in [0.4, 0.5) is 0 Å². The highest BCUT2D eigenvalue weighted by Gasteiger charge is 2.41. The number of benzene rings is 1. The fourth-order valence-corrected chi connectivity index (χ4v) is 3.91. The molecule has 3 rings (SSSR count). The SMILES string of the molecule is CCCN1C(=O)C(c2ccc(C)cc2C)=C(N2CCN(CC)CC2)C1=O. The molecule has 0 N–H and O–H groups in total. The number of nitrogens with zero attached hydrogens (tertiary/aromatic N) is 3. The van der Waals surface area contributed by atoms with Crippen molar-refractivity contribution < 1.29 is 9.59 Å². The van der Waals surface area contributed by atoms with Crippen LogP contribution in [0.2, 0.25) is 0 Å². The molecule has 1 aromatic carbocycles. The third kappa shape index (κ3) is 3.28. The van der Waals surface area contributed by atoms with Gasteiger partial charge in [-0.2, -0.15) is 0 Å². The largest absolute Gasteiger partial charge is 0.364 e. The standard InChI is InChI=1S/C21H29N3O2/c1-5-9-24-20(25)18(17-8-7-15(3)14-16(17)4)19(21(24)26)23-12-10-22(6-2)11-13-23/h7-8,14H,5-6,9-13H2,1-4H3. The average Bonchev–Trinajstić information content (AvgIpc) is 2.87. The predicted octanol–water partition coefficient (Wildman–Crippen LogP) is 2.43. The maximum atomic E-state index is 13.1. The molecule has 140 valence electrons. The summed E-state index contributed by atoms with van der Waals surface area (Å²) in [6.07, 6.45) is 0.772. The van der Waals surface area contributed by atoms with E-state index < -0.39 is 0 Å². The highest BCUT2D eigenvalue weighted by molar-refractivity contribution is 6.35. The molecule has 2 heterocycles. The first-order chi connectivity index (χ1) is 12.5. The predicted molar refractivity (Wildman–Crippen MR) is 104 cm³/mol. The van der Waals surface area contributed by atoms with Gasteiger partial charge in [0, 0.05) is 32.7 Å². The molecule has 2 aliphatic heterocycles. The summed E-state index contributed by atoms with van der Waals surface area (Å²) >= 11 is 0. The normalized spacial score (nSPS) is 19.1. The number of carbonyl (C=O) groups excluding carboxylic acids is 2. The minimum Gasteiger partial charge on any atom is -0.364 e. The Morgan fingerprint density at radius 2 is 1.65 bits per heavy atom. The summed E-state index contributed by atoms with van der Waals surface area (Å²) in [6.45, 7) is 13.1. The van der Waals surface area contributed by atoms with E-state index in [1.165, 1.54) is 4.90 Å². The van der Waals surface area contributed by atoms with Crippen molar-refractivity contribution in [2.75, 3.05) is 39.3 Å². The van der Waals surface area contributed by atoms with E-state index >= 15 is 0 Å². The van der Waals surface area contributed by atoms with Gasteiger partial charge in [-0.3, -0.25) is 14.5 Å². The number of imide groups is 1. The van der Waals surface area contributed by atoms with Crippen LogP contribution in [0.1, 0.15) is 37.0 Å². The van der Waals surface area contributed by atoms with Crippen molar-refractivity contribution in [2.24, 2.45) is 0 Å². The van der Waals surface area contributed by atoms with Crippen LogP contribution in [-0.4, -0.2) is 65.8 Å². The second kappa shape index (κ2) is 7.62. The molecule has 5 nitrogen and oxygen atoms in total. The Hall–Kier alpha value is -2.14. The molecular formula is C21H29N3O2. The maximum absolute atomic E-state index is 13.1. The van der Waals surface area contributed by atoms with Gasteiger partial charge in [0.05, 0.1) is 5.57 Å². The molecule has 0 aromatic heterocycles. The molecule has 2 aliphatic rings. The summed E-state index contributed by atoms with van der Waals surface area (Å²) < 4.78 is 0. The van der Waals surface area contributed by atoms with Crippen molar-refractivity contribution in [2.45, 2.75) is 34.1 Å². The summed E-state index contributed by atoms with van der Waals surface area (Å²) in [4.78, 5) is 32.2. The van der Waals surface area contributed by atoms with Gasteiger partial charge in [-0.05, 0) is 37.9 Å². The number of piperazine rings is 1. The minimum absolute atomic E-state index is 0.128. The van der Waals surface area contributed by atoms with Gasteiger partial charge in [0.15, 0.2) is 0 Å². The van der Waals surface area contributed by atoms with Gasteiger partial charge < -0.3 is 9.80 Å². The molecule has 0 aliphatic carbocycles. The second-order valence-electron chi connectivity index (χ2n) is 7.23. The molecule has 1 fully saturated rings. The lowest BCUT2D eigenvalue weighted by Crippen LogP contribution is -2.47. The molecule has 2 amide bonds. The van der Waals surface area contributed by atoms with Gasteiger partial charge in [-0.25, -0.2) is 0 Å². The monoisotopic (exact) mass is 355 g/mol. The third-order valence-electron chi connectivity index (χ3n) is 5.38. The van der Waals surface area contributed by atoms with Gasteiger partial charge in [0.1, 0.15) is 5.70 Å². The minimum atomic E-state index is -0.142. The van der Waals surface area contributed by atoms with Crippen molar-refractivity contribution in [3.8, 4) is 0 Å². The zero-order valence-corrected chi connectivity index (χ0v) is 16.3. The van der Waals surface area contributed by atoms with E-state index in [9.17, 15) is 9.59 Å². The second-order valence-corrected chi connectivity index (χ2v) is 7.23. The quantitative estimate of drug-likeness (QED) is 0.761. The van der Waals surface area contributed by atoms with E-state index in [0.717, 1.165) is 55.8 Å². The smallest absolute Gasteiger partial charge is 0.277 e. The fourth-order valence-electron chi connectivity index (χ4n) is 3.91. The van der Waals surface area contributed by atoms with Crippen LogP contribution < -0.4 is 0 Å². The van der Waals surface area contributed by atoms with Crippen LogP contribution in [0.3, 0.4) is 0 Å². The third-order valence-corrected chi connectivity index (χ3v) is 5.38. The van der Waals surface area contributed by atoms with Gasteiger partial charge in [-0.1, -0.05) is 37.6 Å². The fraction of sp³-hybridized carbons (Fsp3) is 0.524. The molecule has 26 heavy (non-hydrogen) atoms. The zero-order chi connectivity index (χ0) is 18.8. The number of hydrogen-bond donors (Lipinski definition) is 0. The number of hydrogen-bond acceptors (Lipinski definition) is 4. The number of rotatable bonds is 5. The van der Waals surface area contributed by atoms with Crippen molar-refractivity contribution in [1.29, 1.82) is 0 Å². The van der Waals surface area contributed by atoms with Gasteiger partial charge in [0.2, 0.25) is 0 Å². The lowest BCUT2D eigenvalue weighted by Gasteiger charge is -2.36. The van der Waals surface area contributed by atoms with Crippen molar-refractivity contribution >= 4 is 17.4 Å². The van der Waals surface area contributed by atoms with Crippen LogP contribution in [0.5, 0.6) is 0 Å². The Kier molecular flexibility index (Phi) is 5.47. The van der Waals surface area contributed by atoms with Crippen molar-refractivity contribution in [3.63, 3.8) is 0 Å². The van der Waals surface area contributed by atoms with E-state index in [0.29, 0.717) is 17.8 Å². The first-order valence-electron chi connectivity index (χ1n) is 9.63. The Labute approximate surface area is 156 Å². The molecule has 0 atom stereocenters. The van der Waals surface area contributed by atoms with E-state index in [1.807, 2.05) is 32.9 Å². The van der Waals surface area contributed by atoms with Crippen LogP contribution in [0, 0.1) is 13.8 Å². The summed E-state index contributed by atoms with van der Waals surface area (Å²) in [5, 5.41) is 0. The lowest BCUT2D eigenvalue weighted by atomic mass is 9.97. The van der Waals surface area contributed by atoms with E-state index in [-0.39, 0.29) is 11.8 Å². The number of aryl methyl sites for hydroxylation is 2. The topological polar surface area (TPSA) is 43.9 Å². The lowest BCUT2D eigenvalue weighted by molar-refractivity contribution is -0.137. The van der Waals surface area contributed by atoms with Crippen molar-refractivity contribution in [3.05, 3.63) is 40.6 Å². The van der Waals surface area contributed by atoms with Gasteiger partial charge in [-0.15, -0.1) is 0 Å². The Bertz CT molecular complexity index is 746. The highest BCUT2D eigenvalue weighted by atomic mass is 16.2. The average molecular weight is 355 g/mol. The summed E-state index contributed by atoms with van der Waals surface area (Å²) in [6, 6.07) is 6.08. The van der Waals surface area contributed by atoms with Crippen LogP contribution >= 0.6 is 0 Å². The number of amides is 2. The molecule has 0 bridgehead atoms. The van der Waals surface area contributed by atoms with Gasteiger partial charge >= 0.3 is 0 Å². The first-order valence-corrected chi connectivity index (χ1v) is 9.63. The molecule has 0 radical (unpaired) electrons. The maximum Gasteiger partial charge on any atom is 0.277 e. The molecule has 1 saturated heterocycles. The van der Waals surface area contributed by atoms with E-state index in [4.69, 9.17) is 0 Å². The molecule has 0 spiro atoms. The Morgan fingerprint density at radius 3 is 2.23 bits per heavy atom. The first kappa shape index (κ1) is 18.6. The number of carbonyl (C=O) groups is 2. The van der Waals surface area contributed by atoms with Crippen LogP contribution in [-0.2, 0) is 9.59 Å². The number of likely N-dealkylation sites (N-methyl/N-ethyl adjacent to an activating group) is 1. The molecule has 1 aromatic rings. The summed E-state index contributed by atoms with van der Waals surface area (Å²) in [7, 11) is 0. The molecular weight excluding hydrogens is 326 g/mol. The summed E-state index contributed by atoms with van der Waals surface area (Å²) in [5.41, 5.74) is 4.29. The molecule has 5 heteroatoms. The van der Waals surface area contributed by atoms with E-state index in [1.54, 1.807) is 0 Å². The van der Waals surface area contributed by atoms with Gasteiger partial charge in [0.25, 0.3) is 11.8 Å². The summed E-state index contributed by atoms with van der Waals surface area (Å²) in [5.74, 6) is -0.270. The van der Waals surface area contributed by atoms with Crippen LogP contribution in [0.15, 0.2) is 23.9 Å². The highest BCUT2D eigenvalue weighted by Crippen LogP contribution is 2.34. The Morgan fingerprint density at radius 1 is 0.962 bits per heavy atom. The van der Waals surface area contributed by atoms with E-state index in [2.05, 4.69) is 22.8 Å². The molecule has 0 saturated carbocycles. The Balaban J connectivity index is 2.05. The van der Waals surface area contributed by atoms with Crippen molar-refractivity contribution in [1.82, 2.24) is 14.7 Å². The molecule has 0 unspecified atom stereocenters. The zero-order valence-electron chi connectivity index (χ0n) is 16.3. The van der Waals surface area contributed by atoms with Crippen LogP contribution in [0.25, 0.3) is 5.57 Å².